The van der Waals surface area contributed by atoms with Crippen LogP contribution in [0.4, 0.5) is 11.5 Å². The Kier molecular flexibility index (Phi) is 5.45. The van der Waals surface area contributed by atoms with Gasteiger partial charge in [0.2, 0.25) is 0 Å². The van der Waals surface area contributed by atoms with E-state index in [0.717, 1.165) is 28.9 Å². The Bertz CT molecular complexity index is 1170. The normalized spacial score (nSPS) is 18.5. The minimum Gasteiger partial charge on any atom is -0.466 e. The molecule has 0 saturated carbocycles. The summed E-state index contributed by atoms with van der Waals surface area (Å²) in [5.41, 5.74) is 2.18. The molecule has 1 aromatic carbocycles. The second kappa shape index (κ2) is 8.07. The van der Waals surface area contributed by atoms with Crippen LogP contribution in [0.1, 0.15) is 24.0 Å². The number of hydrogen-bond donors (Lipinski definition) is 1. The lowest BCUT2D eigenvalue weighted by Gasteiger charge is -2.31. The molecule has 0 unspecified atom stereocenters. The van der Waals surface area contributed by atoms with Crippen molar-refractivity contribution in [2.24, 2.45) is 14.1 Å². The van der Waals surface area contributed by atoms with Gasteiger partial charge in [-0.2, -0.15) is 0 Å². The second-order valence-electron chi connectivity index (χ2n) is 7.75. The average Bonchev–Trinajstić information content (AvgIpc) is 2.80. The molecule has 1 N–H and O–H groups in total. The summed E-state index contributed by atoms with van der Waals surface area (Å²) in [5.74, 6) is -0.790. The topological polar surface area (TPSA) is 94.8 Å². The molecule has 1 aromatic heterocycles. The maximum Gasteiger partial charge on any atom is 0.336 e. The Hall–Kier alpha value is -3.33. The van der Waals surface area contributed by atoms with Crippen LogP contribution in [0.5, 0.6) is 0 Å². The summed E-state index contributed by atoms with van der Waals surface area (Å²) in [7, 11) is 4.35. The maximum absolute atomic E-state index is 13.2. The van der Waals surface area contributed by atoms with Crippen molar-refractivity contribution in [3.05, 3.63) is 67.5 Å². The van der Waals surface area contributed by atoms with Crippen molar-refractivity contribution in [3.8, 4) is 0 Å². The van der Waals surface area contributed by atoms with E-state index in [4.69, 9.17) is 9.47 Å². The summed E-state index contributed by atoms with van der Waals surface area (Å²) >= 11 is 0. The van der Waals surface area contributed by atoms with Gasteiger partial charge in [-0.05, 0) is 24.6 Å². The molecule has 2 aromatic rings. The number of anilines is 2. The van der Waals surface area contributed by atoms with Gasteiger partial charge in [0.05, 0.1) is 37.4 Å². The van der Waals surface area contributed by atoms with Crippen LogP contribution in [0.15, 0.2) is 45.1 Å². The van der Waals surface area contributed by atoms with E-state index in [0.29, 0.717) is 35.9 Å². The minimum absolute atomic E-state index is 0.342. The molecule has 1 saturated heterocycles. The quantitative estimate of drug-likeness (QED) is 0.730. The molecule has 164 valence electrons. The number of ether oxygens (including phenoxy) is 2. The first-order chi connectivity index (χ1) is 14.8. The number of carbonyl (C=O) groups excluding carboxylic acids is 1. The van der Waals surface area contributed by atoms with Gasteiger partial charge in [-0.25, -0.2) is 9.59 Å². The van der Waals surface area contributed by atoms with Crippen molar-refractivity contribution < 1.29 is 14.3 Å². The molecule has 0 radical (unpaired) electrons. The van der Waals surface area contributed by atoms with Crippen molar-refractivity contribution in [1.82, 2.24) is 9.13 Å². The number of nitrogens with one attached hydrogen (secondary N) is 1. The number of esters is 1. The second-order valence-corrected chi connectivity index (χ2v) is 7.75. The molecule has 2 aliphatic rings. The SMILES string of the molecule is COC(=O)C1=C(C)Nc2c(c(=O)n(C)c(=O)n2C)[C@@H]1c1ccc(N2CCOCC2)cc1. The highest BCUT2D eigenvalue weighted by Gasteiger charge is 2.37. The predicted octanol–water partition coefficient (Wildman–Crippen LogP) is 0.925. The number of methoxy groups -OCH3 is 1. The molecule has 2 aliphatic heterocycles. The molecule has 0 spiro atoms. The largest absolute Gasteiger partial charge is 0.466 e. The first-order valence-corrected chi connectivity index (χ1v) is 10.1. The van der Waals surface area contributed by atoms with Gasteiger partial charge in [-0.15, -0.1) is 0 Å². The van der Waals surface area contributed by atoms with E-state index in [1.54, 1.807) is 14.0 Å². The molecule has 0 amide bonds. The molecule has 31 heavy (non-hydrogen) atoms. The Labute approximate surface area is 179 Å². The molecule has 0 aliphatic carbocycles. The highest BCUT2D eigenvalue weighted by molar-refractivity contribution is 5.94. The summed E-state index contributed by atoms with van der Waals surface area (Å²) in [4.78, 5) is 40.6. The molecule has 0 bridgehead atoms. The fourth-order valence-corrected chi connectivity index (χ4v) is 4.30. The number of allylic oxidation sites excluding steroid dienone is 1. The van der Waals surface area contributed by atoms with Gasteiger partial charge in [0.15, 0.2) is 0 Å². The lowest BCUT2D eigenvalue weighted by molar-refractivity contribution is -0.136. The molecular formula is C22H26N4O5. The zero-order valence-corrected chi connectivity index (χ0v) is 18.1. The number of fused-ring (bicyclic) bond motifs is 1. The molecule has 9 heteroatoms. The van der Waals surface area contributed by atoms with Crippen molar-refractivity contribution in [3.63, 3.8) is 0 Å². The Balaban J connectivity index is 1.89. The third kappa shape index (κ3) is 3.44. The highest BCUT2D eigenvalue weighted by Crippen LogP contribution is 2.40. The van der Waals surface area contributed by atoms with Crippen molar-refractivity contribution in [2.45, 2.75) is 12.8 Å². The smallest absolute Gasteiger partial charge is 0.336 e. The summed E-state index contributed by atoms with van der Waals surface area (Å²) in [6, 6.07) is 7.81. The van der Waals surface area contributed by atoms with E-state index < -0.39 is 23.1 Å². The number of hydrogen-bond acceptors (Lipinski definition) is 7. The summed E-state index contributed by atoms with van der Waals surface area (Å²) in [6.07, 6.45) is 0. The number of carbonyl (C=O) groups is 1. The van der Waals surface area contributed by atoms with Gasteiger partial charge in [-0.3, -0.25) is 13.9 Å². The standard InChI is InChI=1S/C22H26N4O5/c1-13-16(21(28)30-4)17(18-19(23-13)24(2)22(29)25(3)20(18)27)14-5-7-15(8-6-14)26-9-11-31-12-10-26/h5-8,17,23H,9-12H2,1-4H3/t17-/m1/s1. The Morgan fingerprint density at radius 2 is 1.74 bits per heavy atom. The van der Waals surface area contributed by atoms with E-state index in [9.17, 15) is 14.4 Å². The first kappa shape index (κ1) is 20.9. The van der Waals surface area contributed by atoms with Crippen molar-refractivity contribution in [1.29, 1.82) is 0 Å². The molecule has 3 heterocycles. The van der Waals surface area contributed by atoms with Gasteiger partial charge in [0, 0.05) is 38.6 Å². The molecular weight excluding hydrogens is 400 g/mol. The summed E-state index contributed by atoms with van der Waals surface area (Å²) in [6.45, 7) is 4.73. The maximum atomic E-state index is 13.2. The van der Waals surface area contributed by atoms with Gasteiger partial charge in [-0.1, -0.05) is 12.1 Å². The zero-order chi connectivity index (χ0) is 22.3. The number of nitrogens with zero attached hydrogens (tertiary/aromatic N) is 3. The van der Waals surface area contributed by atoms with Crippen LogP contribution < -0.4 is 21.5 Å². The predicted molar refractivity (Wildman–Crippen MR) is 117 cm³/mol. The molecule has 4 rings (SSSR count). The van der Waals surface area contributed by atoms with Crippen molar-refractivity contribution in [2.75, 3.05) is 43.6 Å². The van der Waals surface area contributed by atoms with Crippen LogP contribution in [0.3, 0.4) is 0 Å². The zero-order valence-electron chi connectivity index (χ0n) is 18.1. The lowest BCUT2D eigenvalue weighted by atomic mass is 9.82. The monoisotopic (exact) mass is 426 g/mol. The van der Waals surface area contributed by atoms with Gasteiger partial charge in [0.25, 0.3) is 5.56 Å². The fourth-order valence-electron chi connectivity index (χ4n) is 4.30. The lowest BCUT2D eigenvalue weighted by Crippen LogP contribution is -2.43. The van der Waals surface area contributed by atoms with Crippen LogP contribution in [0.2, 0.25) is 0 Å². The fraction of sp³-hybridized carbons (Fsp3) is 0.409. The highest BCUT2D eigenvalue weighted by atomic mass is 16.5. The summed E-state index contributed by atoms with van der Waals surface area (Å²) < 4.78 is 12.9. The van der Waals surface area contributed by atoms with Crippen LogP contribution >= 0.6 is 0 Å². The molecule has 1 fully saturated rings. The third-order valence-corrected chi connectivity index (χ3v) is 5.99. The van der Waals surface area contributed by atoms with E-state index in [1.807, 2.05) is 24.3 Å². The van der Waals surface area contributed by atoms with Crippen LogP contribution in [-0.4, -0.2) is 48.5 Å². The van der Waals surface area contributed by atoms with E-state index >= 15 is 0 Å². The van der Waals surface area contributed by atoms with Gasteiger partial charge in [0.1, 0.15) is 5.82 Å². The molecule has 9 nitrogen and oxygen atoms in total. The van der Waals surface area contributed by atoms with E-state index in [-0.39, 0.29) is 0 Å². The minimum atomic E-state index is -0.659. The summed E-state index contributed by atoms with van der Waals surface area (Å²) in [5, 5.41) is 3.07. The Morgan fingerprint density at radius 1 is 1.10 bits per heavy atom. The third-order valence-electron chi connectivity index (χ3n) is 5.99. The molecule has 1 atom stereocenters. The van der Waals surface area contributed by atoms with Gasteiger partial charge >= 0.3 is 11.7 Å². The van der Waals surface area contributed by atoms with E-state index in [1.165, 1.54) is 18.7 Å². The van der Waals surface area contributed by atoms with Crippen molar-refractivity contribution >= 4 is 17.5 Å². The first-order valence-electron chi connectivity index (χ1n) is 10.1. The van der Waals surface area contributed by atoms with Crippen LogP contribution in [-0.2, 0) is 28.4 Å². The average molecular weight is 426 g/mol. The number of benzene rings is 1. The number of aromatic nitrogens is 2. The van der Waals surface area contributed by atoms with E-state index in [2.05, 4.69) is 10.2 Å². The van der Waals surface area contributed by atoms with Crippen LogP contribution in [0, 0.1) is 0 Å². The van der Waals surface area contributed by atoms with Gasteiger partial charge < -0.3 is 19.7 Å². The number of morpholine rings is 1. The Morgan fingerprint density at radius 3 is 2.35 bits per heavy atom. The van der Waals surface area contributed by atoms with Crippen LogP contribution in [0.25, 0.3) is 0 Å². The number of rotatable bonds is 3.